The molecule has 4 heteroatoms. The molecule has 12 heavy (non-hydrogen) atoms. The molecular formula is C8H11FN2O. The third kappa shape index (κ3) is 1.72. The van der Waals surface area contributed by atoms with Crippen LogP contribution in [-0.2, 0) is 0 Å². The summed E-state index contributed by atoms with van der Waals surface area (Å²) in [5.74, 6) is 0.137. The van der Waals surface area contributed by atoms with Gasteiger partial charge in [-0.15, -0.1) is 0 Å². The van der Waals surface area contributed by atoms with Crippen LogP contribution in [0.2, 0.25) is 0 Å². The number of hydrogen-bond donors (Lipinski definition) is 2. The van der Waals surface area contributed by atoms with Gasteiger partial charge in [0, 0.05) is 5.56 Å². The molecule has 0 fully saturated rings. The van der Waals surface area contributed by atoms with E-state index in [1.807, 2.05) is 0 Å². The molecule has 1 aromatic rings. The van der Waals surface area contributed by atoms with Crippen LogP contribution in [0.4, 0.5) is 4.39 Å². The fourth-order valence-electron chi connectivity index (χ4n) is 0.966. The first-order valence-electron chi connectivity index (χ1n) is 3.49. The van der Waals surface area contributed by atoms with Crippen LogP contribution < -0.4 is 16.2 Å². The minimum atomic E-state index is -0.712. The second kappa shape index (κ2) is 3.51. The predicted octanol–water partition coefficient (Wildman–Crippen LogP) is 0.750. The third-order valence-electron chi connectivity index (χ3n) is 1.55. The van der Waals surface area contributed by atoms with E-state index in [4.69, 9.17) is 16.2 Å². The Kier molecular flexibility index (Phi) is 2.62. The van der Waals surface area contributed by atoms with Crippen LogP contribution in [-0.4, -0.2) is 7.11 Å². The summed E-state index contributed by atoms with van der Waals surface area (Å²) in [6.07, 6.45) is -0.712. The molecule has 0 aliphatic carbocycles. The first kappa shape index (κ1) is 8.96. The topological polar surface area (TPSA) is 61.3 Å². The lowest BCUT2D eigenvalue weighted by atomic mass is 10.1. The van der Waals surface area contributed by atoms with E-state index in [0.717, 1.165) is 0 Å². The highest BCUT2D eigenvalue weighted by molar-refractivity contribution is 5.35. The number of methoxy groups -OCH3 is 1. The first-order chi connectivity index (χ1) is 5.65. The van der Waals surface area contributed by atoms with Crippen LogP contribution in [0.25, 0.3) is 0 Å². The van der Waals surface area contributed by atoms with Gasteiger partial charge >= 0.3 is 0 Å². The van der Waals surface area contributed by atoms with Crippen molar-refractivity contribution in [2.45, 2.75) is 6.17 Å². The predicted molar refractivity (Wildman–Crippen MR) is 44.1 cm³/mol. The van der Waals surface area contributed by atoms with Gasteiger partial charge in [-0.3, -0.25) is 0 Å². The molecule has 66 valence electrons. The van der Waals surface area contributed by atoms with Crippen molar-refractivity contribution < 1.29 is 9.13 Å². The molecule has 0 radical (unpaired) electrons. The maximum atomic E-state index is 12.7. The van der Waals surface area contributed by atoms with Crippen molar-refractivity contribution >= 4 is 0 Å². The number of hydrogen-bond acceptors (Lipinski definition) is 3. The zero-order valence-electron chi connectivity index (χ0n) is 6.75. The molecule has 0 aromatic heterocycles. The lowest BCUT2D eigenvalue weighted by molar-refractivity contribution is 0.404. The lowest BCUT2D eigenvalue weighted by Crippen LogP contribution is -2.20. The Balaban J connectivity index is 3.12. The standard InChI is InChI=1S/C8H11FN2O/c1-12-7-3-2-5(9)4-6(7)8(10)11/h2-4,8H,10-11H2,1H3. The molecule has 0 heterocycles. The zero-order valence-corrected chi connectivity index (χ0v) is 6.75. The maximum Gasteiger partial charge on any atom is 0.125 e. The van der Waals surface area contributed by atoms with Gasteiger partial charge in [-0.1, -0.05) is 0 Å². The van der Waals surface area contributed by atoms with Gasteiger partial charge < -0.3 is 16.2 Å². The van der Waals surface area contributed by atoms with Crippen LogP contribution in [0.1, 0.15) is 11.7 Å². The maximum absolute atomic E-state index is 12.7. The van der Waals surface area contributed by atoms with Gasteiger partial charge in [0.1, 0.15) is 11.6 Å². The summed E-state index contributed by atoms with van der Waals surface area (Å²) in [6, 6.07) is 4.06. The van der Waals surface area contributed by atoms with Crippen molar-refractivity contribution in [2.24, 2.45) is 11.5 Å². The van der Waals surface area contributed by atoms with Crippen molar-refractivity contribution in [2.75, 3.05) is 7.11 Å². The molecule has 0 aliphatic heterocycles. The molecule has 0 saturated carbocycles. The van der Waals surface area contributed by atoms with E-state index >= 15 is 0 Å². The van der Waals surface area contributed by atoms with Crippen LogP contribution in [0, 0.1) is 5.82 Å². The number of rotatable bonds is 2. The second-order valence-corrected chi connectivity index (χ2v) is 2.41. The van der Waals surface area contributed by atoms with Crippen molar-refractivity contribution in [1.29, 1.82) is 0 Å². The Labute approximate surface area is 70.1 Å². The van der Waals surface area contributed by atoms with E-state index in [1.165, 1.54) is 25.3 Å². The number of ether oxygens (including phenoxy) is 1. The van der Waals surface area contributed by atoms with Gasteiger partial charge in [0.05, 0.1) is 13.3 Å². The Morgan fingerprint density at radius 3 is 2.58 bits per heavy atom. The highest BCUT2D eigenvalue weighted by Gasteiger charge is 2.08. The summed E-state index contributed by atoms with van der Waals surface area (Å²) in [4.78, 5) is 0. The molecule has 1 rings (SSSR count). The summed E-state index contributed by atoms with van der Waals surface area (Å²) in [5.41, 5.74) is 11.3. The van der Waals surface area contributed by atoms with E-state index in [1.54, 1.807) is 0 Å². The minimum absolute atomic E-state index is 0.369. The second-order valence-electron chi connectivity index (χ2n) is 2.41. The molecule has 1 aromatic carbocycles. The summed E-state index contributed by atoms with van der Waals surface area (Å²) >= 11 is 0. The van der Waals surface area contributed by atoms with Gasteiger partial charge in [-0.05, 0) is 18.2 Å². The molecule has 4 N–H and O–H groups in total. The molecule has 3 nitrogen and oxygen atoms in total. The van der Waals surface area contributed by atoms with Gasteiger partial charge in [-0.25, -0.2) is 4.39 Å². The van der Waals surface area contributed by atoms with Gasteiger partial charge in [0.2, 0.25) is 0 Å². The van der Waals surface area contributed by atoms with Crippen LogP contribution in [0.5, 0.6) is 5.75 Å². The number of nitrogens with two attached hydrogens (primary N) is 2. The molecule has 0 aliphatic rings. The van der Waals surface area contributed by atoms with Crippen molar-refractivity contribution in [1.82, 2.24) is 0 Å². The molecule has 0 unspecified atom stereocenters. The van der Waals surface area contributed by atoms with Crippen LogP contribution >= 0.6 is 0 Å². The van der Waals surface area contributed by atoms with Crippen molar-refractivity contribution in [3.8, 4) is 5.75 Å². The van der Waals surface area contributed by atoms with E-state index in [-0.39, 0.29) is 5.82 Å². The van der Waals surface area contributed by atoms with Crippen molar-refractivity contribution in [3.63, 3.8) is 0 Å². The van der Waals surface area contributed by atoms with E-state index in [2.05, 4.69) is 0 Å². The monoisotopic (exact) mass is 170 g/mol. The fraction of sp³-hybridized carbons (Fsp3) is 0.250. The summed E-state index contributed by atoms with van der Waals surface area (Å²) in [5, 5.41) is 0. The molecular weight excluding hydrogens is 159 g/mol. The SMILES string of the molecule is COc1ccc(F)cc1C(N)N. The molecule has 0 spiro atoms. The van der Waals surface area contributed by atoms with E-state index in [0.29, 0.717) is 11.3 Å². The molecule has 0 bridgehead atoms. The molecule has 0 amide bonds. The third-order valence-corrected chi connectivity index (χ3v) is 1.55. The average Bonchev–Trinajstić information content (AvgIpc) is 2.04. The van der Waals surface area contributed by atoms with Crippen molar-refractivity contribution in [3.05, 3.63) is 29.6 Å². The largest absolute Gasteiger partial charge is 0.496 e. The number of benzene rings is 1. The number of halogens is 1. The Bertz CT molecular complexity index is 276. The average molecular weight is 170 g/mol. The zero-order chi connectivity index (χ0) is 9.14. The van der Waals surface area contributed by atoms with Crippen LogP contribution in [0.15, 0.2) is 18.2 Å². The smallest absolute Gasteiger partial charge is 0.125 e. The summed E-state index contributed by atoms with van der Waals surface area (Å²) in [6.45, 7) is 0. The molecule has 0 atom stereocenters. The van der Waals surface area contributed by atoms with Gasteiger partial charge in [-0.2, -0.15) is 0 Å². The fourth-order valence-corrected chi connectivity index (χ4v) is 0.966. The summed E-state index contributed by atoms with van der Waals surface area (Å²) in [7, 11) is 1.49. The lowest BCUT2D eigenvalue weighted by Gasteiger charge is -2.10. The quantitative estimate of drug-likeness (QED) is 0.644. The minimum Gasteiger partial charge on any atom is -0.496 e. The van der Waals surface area contributed by atoms with Crippen LogP contribution in [0.3, 0.4) is 0 Å². The van der Waals surface area contributed by atoms with E-state index in [9.17, 15) is 4.39 Å². The highest BCUT2D eigenvalue weighted by atomic mass is 19.1. The van der Waals surface area contributed by atoms with E-state index < -0.39 is 6.17 Å². The highest BCUT2D eigenvalue weighted by Crippen LogP contribution is 2.21. The van der Waals surface area contributed by atoms with Gasteiger partial charge in [0.15, 0.2) is 0 Å². The Hall–Kier alpha value is -1.13. The first-order valence-corrected chi connectivity index (χ1v) is 3.49. The molecule has 0 saturated heterocycles. The Morgan fingerprint density at radius 2 is 2.08 bits per heavy atom. The Morgan fingerprint density at radius 1 is 1.42 bits per heavy atom. The normalized spacial score (nSPS) is 10.4. The summed E-state index contributed by atoms with van der Waals surface area (Å²) < 4.78 is 17.6. The van der Waals surface area contributed by atoms with Gasteiger partial charge in [0.25, 0.3) is 0 Å².